The van der Waals surface area contributed by atoms with Gasteiger partial charge in [-0.25, -0.2) is 0 Å². The van der Waals surface area contributed by atoms with E-state index in [0.717, 1.165) is 19.3 Å². The van der Waals surface area contributed by atoms with Crippen molar-refractivity contribution in [2.24, 2.45) is 11.8 Å². The highest BCUT2D eigenvalue weighted by Crippen LogP contribution is 2.29. The normalized spacial score (nSPS) is 17.2. The minimum atomic E-state index is -0.733. The zero-order chi connectivity index (χ0) is 15.5. The number of hydrogen-bond donors (Lipinski definition) is 0. The van der Waals surface area contributed by atoms with Crippen molar-refractivity contribution in [3.8, 4) is 0 Å². The van der Waals surface area contributed by atoms with Gasteiger partial charge < -0.3 is 9.47 Å². The average Bonchev–Trinajstić information content (AvgIpc) is 2.49. The van der Waals surface area contributed by atoms with Crippen LogP contribution in [0.3, 0.4) is 0 Å². The van der Waals surface area contributed by atoms with Crippen LogP contribution in [0.15, 0.2) is 0 Å². The van der Waals surface area contributed by atoms with Gasteiger partial charge in [-0.2, -0.15) is 0 Å². The monoisotopic (exact) mass is 298 g/mol. The maximum Gasteiger partial charge on any atom is 0.320 e. The molecule has 1 rings (SSSR count). The zero-order valence-electron chi connectivity index (χ0n) is 13.6. The Balaban J connectivity index is 2.46. The molecule has 0 aromatic rings. The molecule has 0 saturated heterocycles. The van der Waals surface area contributed by atoms with Crippen molar-refractivity contribution in [3.63, 3.8) is 0 Å². The maximum atomic E-state index is 12.1. The van der Waals surface area contributed by atoms with Gasteiger partial charge in [0, 0.05) is 0 Å². The molecule has 21 heavy (non-hydrogen) atoms. The molecule has 0 spiro atoms. The third-order valence-electron chi connectivity index (χ3n) is 4.19. The van der Waals surface area contributed by atoms with Crippen molar-refractivity contribution in [3.05, 3.63) is 0 Å². The lowest BCUT2D eigenvalue weighted by atomic mass is 9.84. The third kappa shape index (κ3) is 6.96. The predicted octanol–water partition coefficient (Wildman–Crippen LogP) is 3.87. The van der Waals surface area contributed by atoms with Crippen LogP contribution in [0.5, 0.6) is 0 Å². The molecule has 0 N–H and O–H groups in total. The minimum absolute atomic E-state index is 0.307. The highest BCUT2D eigenvalue weighted by molar-refractivity contribution is 5.94. The summed E-state index contributed by atoms with van der Waals surface area (Å²) >= 11 is 0. The van der Waals surface area contributed by atoms with Gasteiger partial charge in [0.05, 0.1) is 13.2 Å². The van der Waals surface area contributed by atoms with Crippen molar-refractivity contribution < 1.29 is 19.1 Å². The van der Waals surface area contributed by atoms with E-state index >= 15 is 0 Å². The quantitative estimate of drug-likeness (QED) is 0.368. The summed E-state index contributed by atoms with van der Waals surface area (Å²) in [6.45, 7) is 4.51. The largest absolute Gasteiger partial charge is 0.465 e. The molecule has 0 aromatic heterocycles. The summed E-state index contributed by atoms with van der Waals surface area (Å²) in [5.74, 6) is -0.907. The lowest BCUT2D eigenvalue weighted by Crippen LogP contribution is -2.29. The Hall–Kier alpha value is -1.06. The van der Waals surface area contributed by atoms with Gasteiger partial charge in [0.2, 0.25) is 0 Å². The third-order valence-corrected chi connectivity index (χ3v) is 4.19. The van der Waals surface area contributed by atoms with Gasteiger partial charge in [0.25, 0.3) is 0 Å². The van der Waals surface area contributed by atoms with Crippen LogP contribution in [0.2, 0.25) is 0 Å². The van der Waals surface area contributed by atoms with Crippen molar-refractivity contribution >= 4 is 11.9 Å². The highest BCUT2D eigenvalue weighted by Gasteiger charge is 2.30. The number of ether oxygens (including phenoxy) is 2. The summed E-state index contributed by atoms with van der Waals surface area (Å²) in [5.41, 5.74) is 0. The second kappa shape index (κ2) is 10.6. The molecule has 0 aromatic carbocycles. The number of rotatable bonds is 9. The Morgan fingerprint density at radius 1 is 1.05 bits per heavy atom. The summed E-state index contributed by atoms with van der Waals surface area (Å²) < 4.78 is 10.2. The Kier molecular flexibility index (Phi) is 9.11. The summed E-state index contributed by atoms with van der Waals surface area (Å²) in [6.07, 6.45) is 9.60. The summed E-state index contributed by atoms with van der Waals surface area (Å²) in [6, 6.07) is 0. The van der Waals surface area contributed by atoms with Gasteiger partial charge >= 0.3 is 11.9 Å². The van der Waals surface area contributed by atoms with Gasteiger partial charge in [0.1, 0.15) is 0 Å². The first-order valence-electron chi connectivity index (χ1n) is 8.52. The average molecular weight is 298 g/mol. The van der Waals surface area contributed by atoms with Gasteiger partial charge in [0.15, 0.2) is 5.92 Å². The first-order valence-corrected chi connectivity index (χ1v) is 8.52. The molecule has 122 valence electrons. The van der Waals surface area contributed by atoms with Crippen LogP contribution < -0.4 is 0 Å². The molecule has 0 heterocycles. The molecule has 1 saturated carbocycles. The van der Waals surface area contributed by atoms with E-state index in [0.29, 0.717) is 25.6 Å². The topological polar surface area (TPSA) is 52.6 Å². The van der Waals surface area contributed by atoms with E-state index in [9.17, 15) is 9.59 Å². The van der Waals surface area contributed by atoms with E-state index in [-0.39, 0.29) is 0 Å². The van der Waals surface area contributed by atoms with Crippen LogP contribution in [0.1, 0.15) is 71.6 Å². The van der Waals surface area contributed by atoms with Crippen LogP contribution >= 0.6 is 0 Å². The van der Waals surface area contributed by atoms with E-state index in [2.05, 4.69) is 0 Å². The highest BCUT2D eigenvalue weighted by atomic mass is 16.6. The van der Waals surface area contributed by atoms with Gasteiger partial charge in [-0.1, -0.05) is 45.4 Å². The Bertz CT molecular complexity index is 308. The first-order chi connectivity index (χ1) is 10.2. The maximum absolute atomic E-state index is 12.1. The van der Waals surface area contributed by atoms with E-state index in [4.69, 9.17) is 9.47 Å². The molecular formula is C17H30O4. The van der Waals surface area contributed by atoms with E-state index < -0.39 is 17.9 Å². The fraction of sp³-hybridized carbons (Fsp3) is 0.882. The molecule has 1 unspecified atom stereocenters. The fourth-order valence-corrected chi connectivity index (χ4v) is 2.87. The van der Waals surface area contributed by atoms with Crippen LogP contribution in [-0.2, 0) is 19.1 Å². The molecule has 1 atom stereocenters. The van der Waals surface area contributed by atoms with Gasteiger partial charge in [-0.15, -0.1) is 0 Å². The number of carbonyl (C=O) groups excluding carboxylic acids is 2. The zero-order valence-corrected chi connectivity index (χ0v) is 13.6. The Labute approximate surface area is 128 Å². The summed E-state index contributed by atoms with van der Waals surface area (Å²) in [4.78, 5) is 24.1. The molecule has 4 nitrogen and oxygen atoms in total. The Morgan fingerprint density at radius 3 is 2.33 bits per heavy atom. The van der Waals surface area contributed by atoms with Gasteiger partial charge in [-0.05, 0) is 32.1 Å². The van der Waals surface area contributed by atoms with E-state index in [1.165, 1.54) is 32.1 Å². The lowest BCUT2D eigenvalue weighted by molar-refractivity contribution is -0.162. The molecule has 4 heteroatoms. The van der Waals surface area contributed by atoms with Crippen molar-refractivity contribution in [2.75, 3.05) is 13.2 Å². The molecular weight excluding hydrogens is 268 g/mol. The summed E-state index contributed by atoms with van der Waals surface area (Å²) in [5, 5.41) is 0. The fourth-order valence-electron chi connectivity index (χ4n) is 2.87. The molecule has 0 aliphatic heterocycles. The standard InChI is InChI=1S/C17H30O4/c1-3-5-13-21-17(19)15(16(18)20-4-2)12-11-14-9-7-6-8-10-14/h14-15H,3-13H2,1-2H3. The molecule has 1 fully saturated rings. The van der Waals surface area contributed by atoms with E-state index in [1.54, 1.807) is 6.92 Å². The smallest absolute Gasteiger partial charge is 0.320 e. The summed E-state index contributed by atoms with van der Waals surface area (Å²) in [7, 11) is 0. The van der Waals surface area contributed by atoms with Crippen molar-refractivity contribution in [2.45, 2.75) is 71.6 Å². The first kappa shape index (κ1) is 18.0. The molecule has 0 radical (unpaired) electrons. The Morgan fingerprint density at radius 2 is 1.71 bits per heavy atom. The van der Waals surface area contributed by atoms with Crippen LogP contribution in [0.25, 0.3) is 0 Å². The lowest BCUT2D eigenvalue weighted by Gasteiger charge is -2.23. The minimum Gasteiger partial charge on any atom is -0.465 e. The second-order valence-corrected chi connectivity index (χ2v) is 5.91. The molecule has 0 bridgehead atoms. The number of esters is 2. The molecule has 1 aliphatic rings. The van der Waals surface area contributed by atoms with Gasteiger partial charge in [-0.3, -0.25) is 9.59 Å². The van der Waals surface area contributed by atoms with Crippen molar-refractivity contribution in [1.29, 1.82) is 0 Å². The molecule has 0 amide bonds. The second-order valence-electron chi connectivity index (χ2n) is 5.91. The van der Waals surface area contributed by atoms with Crippen LogP contribution in [-0.4, -0.2) is 25.2 Å². The number of carbonyl (C=O) groups is 2. The molecule has 1 aliphatic carbocycles. The predicted molar refractivity (Wildman–Crippen MR) is 81.8 cm³/mol. The van der Waals surface area contributed by atoms with Crippen LogP contribution in [0.4, 0.5) is 0 Å². The van der Waals surface area contributed by atoms with Crippen LogP contribution in [0, 0.1) is 11.8 Å². The number of unbranched alkanes of at least 4 members (excludes halogenated alkanes) is 1. The van der Waals surface area contributed by atoms with Crippen molar-refractivity contribution in [1.82, 2.24) is 0 Å². The number of hydrogen-bond acceptors (Lipinski definition) is 4. The SMILES string of the molecule is CCCCOC(=O)C(CCC1CCCCC1)C(=O)OCC. The van der Waals surface area contributed by atoms with E-state index in [1.807, 2.05) is 6.92 Å².